The lowest BCUT2D eigenvalue weighted by molar-refractivity contribution is -0.219. The molecule has 1 aliphatic heterocycles. The van der Waals surface area contributed by atoms with Crippen LogP contribution in [0.3, 0.4) is 0 Å². The molecule has 6 atom stereocenters. The lowest BCUT2D eigenvalue weighted by atomic mass is 9.53. The molecular weight excluding hydrogens is 452 g/mol. The summed E-state index contributed by atoms with van der Waals surface area (Å²) in [5, 5.41) is 32.5. The molecule has 5 nitrogen and oxygen atoms in total. The predicted molar refractivity (Wildman–Crippen MR) is 144 cm³/mol. The van der Waals surface area contributed by atoms with Gasteiger partial charge in [-0.05, 0) is 101 Å². The Labute approximate surface area is 218 Å². The summed E-state index contributed by atoms with van der Waals surface area (Å²) in [4.78, 5) is 11.7. The highest BCUT2D eigenvalue weighted by molar-refractivity contribution is 5.74. The maximum atomic E-state index is 11.7. The Hall–Kier alpha value is -1.53. The first kappa shape index (κ1) is 29.0. The molecule has 1 spiro atoms. The van der Waals surface area contributed by atoms with Crippen LogP contribution in [0.15, 0.2) is 46.1 Å². The second-order valence-electron chi connectivity index (χ2n) is 12.4. The summed E-state index contributed by atoms with van der Waals surface area (Å²) < 4.78 is 6.10. The fourth-order valence-electron chi connectivity index (χ4n) is 7.08. The number of aliphatic hydroxyl groups excluding tert-OH is 2. The number of hydrogen-bond donors (Lipinski definition) is 3. The van der Waals surface area contributed by atoms with Crippen LogP contribution in [0.5, 0.6) is 0 Å². The van der Waals surface area contributed by atoms with Gasteiger partial charge >= 0.3 is 0 Å². The van der Waals surface area contributed by atoms with Gasteiger partial charge in [-0.15, -0.1) is 0 Å². The summed E-state index contributed by atoms with van der Waals surface area (Å²) in [6, 6.07) is 0. The van der Waals surface area contributed by atoms with E-state index in [1.165, 1.54) is 17.6 Å². The molecule has 1 saturated heterocycles. The van der Waals surface area contributed by atoms with Gasteiger partial charge in [0.25, 0.3) is 0 Å². The maximum Gasteiger partial charge on any atom is 0.164 e. The lowest BCUT2D eigenvalue weighted by Crippen LogP contribution is -2.58. The van der Waals surface area contributed by atoms with Gasteiger partial charge in [-0.3, -0.25) is 4.79 Å². The molecule has 3 N–H and O–H groups in total. The molecular formula is C31H48O5. The largest absolute Gasteiger partial charge is 0.396 e. The van der Waals surface area contributed by atoms with Crippen molar-refractivity contribution in [1.29, 1.82) is 0 Å². The summed E-state index contributed by atoms with van der Waals surface area (Å²) in [7, 11) is 0. The molecule has 0 aromatic heterocycles. The zero-order chi connectivity index (χ0) is 26.9. The molecule has 0 aromatic carbocycles. The van der Waals surface area contributed by atoms with Crippen LogP contribution in [0.2, 0.25) is 0 Å². The van der Waals surface area contributed by atoms with Gasteiger partial charge in [0.2, 0.25) is 0 Å². The highest BCUT2D eigenvalue weighted by atomic mass is 16.6. The Morgan fingerprint density at radius 2 is 1.89 bits per heavy atom. The number of hydrogen-bond acceptors (Lipinski definition) is 5. The van der Waals surface area contributed by atoms with E-state index in [-0.39, 0.29) is 24.0 Å². The van der Waals surface area contributed by atoms with Crippen molar-refractivity contribution in [3.8, 4) is 0 Å². The van der Waals surface area contributed by atoms with E-state index in [1.807, 2.05) is 6.08 Å². The van der Waals surface area contributed by atoms with Crippen LogP contribution in [-0.4, -0.2) is 46.2 Å². The van der Waals surface area contributed by atoms with Gasteiger partial charge in [-0.1, -0.05) is 55.7 Å². The second kappa shape index (κ2) is 11.1. The monoisotopic (exact) mass is 500 g/mol. The van der Waals surface area contributed by atoms with Gasteiger partial charge in [-0.25, -0.2) is 0 Å². The van der Waals surface area contributed by atoms with E-state index in [0.717, 1.165) is 23.9 Å². The van der Waals surface area contributed by atoms with Crippen LogP contribution >= 0.6 is 0 Å². The standard InChI is InChI=1S/C31H48O5/c1-20(10-13-26-21(2)11-12-23(4)29(26,5)6)17-24-18-31(28(34)36-24)27(9-8-16-32)25(22(3)19-33)14-15-30(31,7)35/h10,13,17,19,23-24,27-28,32,34-35H,8-9,11-12,14-16,18H2,1-7H3/b13-10+,20-17+,25-22-/t23-,24-,27+,28-,30-,31+/m0/s1. The Morgan fingerprint density at radius 1 is 1.19 bits per heavy atom. The van der Waals surface area contributed by atoms with Crippen LogP contribution in [0.25, 0.3) is 0 Å². The number of carbonyl (C=O) groups excluding carboxylic acids is 1. The van der Waals surface area contributed by atoms with Gasteiger partial charge in [0, 0.05) is 6.61 Å². The second-order valence-corrected chi connectivity index (χ2v) is 12.4. The number of aldehydes is 1. The van der Waals surface area contributed by atoms with Crippen molar-refractivity contribution in [2.24, 2.45) is 22.7 Å². The summed E-state index contributed by atoms with van der Waals surface area (Å²) >= 11 is 0. The molecule has 3 rings (SSSR count). The van der Waals surface area contributed by atoms with Gasteiger partial charge in [-0.2, -0.15) is 0 Å². The number of ether oxygens (including phenoxy) is 1. The van der Waals surface area contributed by atoms with E-state index in [4.69, 9.17) is 4.74 Å². The van der Waals surface area contributed by atoms with E-state index in [1.54, 1.807) is 13.8 Å². The van der Waals surface area contributed by atoms with Crippen LogP contribution < -0.4 is 0 Å². The van der Waals surface area contributed by atoms with Gasteiger partial charge in [0.1, 0.15) is 6.29 Å². The molecule has 1 saturated carbocycles. The first-order chi connectivity index (χ1) is 16.8. The highest BCUT2D eigenvalue weighted by Crippen LogP contribution is 2.60. The average molecular weight is 501 g/mol. The first-order valence-electron chi connectivity index (χ1n) is 13.7. The molecule has 2 aliphatic carbocycles. The highest BCUT2D eigenvalue weighted by Gasteiger charge is 2.64. The van der Waals surface area contributed by atoms with Gasteiger partial charge in [0.05, 0.1) is 17.1 Å². The molecule has 0 radical (unpaired) electrons. The van der Waals surface area contributed by atoms with Crippen molar-refractivity contribution in [3.05, 3.63) is 46.1 Å². The fraction of sp³-hybridized carbons (Fsp3) is 0.710. The topological polar surface area (TPSA) is 87.0 Å². The summed E-state index contributed by atoms with van der Waals surface area (Å²) in [5.41, 5.74) is 3.57. The molecule has 1 heterocycles. The third-order valence-corrected chi connectivity index (χ3v) is 9.84. The molecule has 36 heavy (non-hydrogen) atoms. The van der Waals surface area contributed by atoms with Crippen LogP contribution in [0, 0.1) is 22.7 Å². The normalized spacial score (nSPS) is 38.8. The number of rotatable bonds is 7. The minimum Gasteiger partial charge on any atom is -0.396 e. The lowest BCUT2D eigenvalue weighted by Gasteiger charge is -2.53. The number of allylic oxidation sites excluding steroid dienone is 7. The van der Waals surface area contributed by atoms with Crippen molar-refractivity contribution < 1.29 is 24.9 Å². The van der Waals surface area contributed by atoms with Crippen molar-refractivity contribution in [2.75, 3.05) is 6.61 Å². The zero-order valence-corrected chi connectivity index (χ0v) is 23.4. The Morgan fingerprint density at radius 3 is 2.53 bits per heavy atom. The third-order valence-electron chi connectivity index (χ3n) is 9.84. The van der Waals surface area contributed by atoms with Crippen LogP contribution in [0.4, 0.5) is 0 Å². The summed E-state index contributed by atoms with van der Waals surface area (Å²) in [5.74, 6) is 0.389. The third kappa shape index (κ3) is 5.22. The summed E-state index contributed by atoms with van der Waals surface area (Å²) in [6.45, 7) is 14.9. The Bertz CT molecular complexity index is 950. The molecule has 0 unspecified atom stereocenters. The number of carbonyl (C=O) groups is 1. The predicted octanol–water partition coefficient (Wildman–Crippen LogP) is 5.80. The van der Waals surface area contributed by atoms with Gasteiger partial charge in [0.15, 0.2) is 6.29 Å². The molecule has 0 bridgehead atoms. The maximum absolute atomic E-state index is 11.7. The minimum absolute atomic E-state index is 0.0244. The van der Waals surface area contributed by atoms with Crippen molar-refractivity contribution in [3.63, 3.8) is 0 Å². The SMILES string of the molecule is CC1=C(/C=C/C(C)=C/[C@H]2C[C@@]3([C@H](CCCO)/C(=C(/C)C=O)CC[C@]3(C)O)[C@@H](O)O2)C(C)(C)[C@@H](C)CC1. The van der Waals surface area contributed by atoms with Crippen LogP contribution in [-0.2, 0) is 9.53 Å². The molecule has 0 amide bonds. The molecule has 0 aromatic rings. The molecule has 3 aliphatic rings. The minimum atomic E-state index is -1.16. The molecule has 5 heteroatoms. The Kier molecular flexibility index (Phi) is 8.92. The van der Waals surface area contributed by atoms with E-state index in [0.29, 0.717) is 43.6 Å². The van der Waals surface area contributed by atoms with E-state index >= 15 is 0 Å². The zero-order valence-electron chi connectivity index (χ0n) is 23.4. The molecule has 202 valence electrons. The first-order valence-corrected chi connectivity index (χ1v) is 13.7. The van der Waals surface area contributed by atoms with Crippen molar-refractivity contribution >= 4 is 6.29 Å². The average Bonchev–Trinajstić information content (AvgIpc) is 3.13. The quantitative estimate of drug-likeness (QED) is 0.233. The van der Waals surface area contributed by atoms with E-state index in [2.05, 4.69) is 46.8 Å². The summed E-state index contributed by atoms with van der Waals surface area (Å²) in [6.07, 6.45) is 10.8. The Balaban J connectivity index is 1.92. The van der Waals surface area contributed by atoms with Crippen molar-refractivity contribution in [2.45, 2.75) is 111 Å². The molecule has 2 fully saturated rings. The fourth-order valence-corrected chi connectivity index (χ4v) is 7.08. The van der Waals surface area contributed by atoms with E-state index in [9.17, 15) is 20.1 Å². The van der Waals surface area contributed by atoms with Crippen LogP contribution in [0.1, 0.15) is 93.4 Å². The number of aliphatic hydroxyl groups is 3. The van der Waals surface area contributed by atoms with Gasteiger partial charge < -0.3 is 20.1 Å². The smallest absolute Gasteiger partial charge is 0.164 e. The van der Waals surface area contributed by atoms with E-state index < -0.39 is 17.3 Å². The van der Waals surface area contributed by atoms with Crippen molar-refractivity contribution in [1.82, 2.24) is 0 Å².